The van der Waals surface area contributed by atoms with E-state index in [4.69, 9.17) is 0 Å². The molecule has 0 aliphatic heterocycles. The first-order valence-electron chi connectivity index (χ1n) is 7.26. The Balaban J connectivity index is 3.84. The summed E-state index contributed by atoms with van der Waals surface area (Å²) in [6.45, 7) is 10.4. The summed E-state index contributed by atoms with van der Waals surface area (Å²) in [7, 11) is 0. The normalized spacial score (nSPS) is 12.8. The number of hydrogen-bond donors (Lipinski definition) is 0. The van der Waals surface area contributed by atoms with Crippen molar-refractivity contribution in [3.05, 3.63) is 0 Å². The van der Waals surface area contributed by atoms with E-state index in [0.717, 1.165) is 12.5 Å². The van der Waals surface area contributed by atoms with E-state index in [-0.39, 0.29) is 0 Å². The molecular weight excluding hydrogens is 179 g/mol. The zero-order valence-corrected chi connectivity index (χ0v) is 11.5. The molecule has 0 aromatic carbocycles. The molecule has 1 atom stereocenters. The first-order valence-corrected chi connectivity index (χ1v) is 7.26. The van der Waals surface area contributed by atoms with Gasteiger partial charge in [0.05, 0.1) is 0 Å². The fourth-order valence-electron chi connectivity index (χ4n) is 2.41. The van der Waals surface area contributed by atoms with E-state index >= 15 is 0 Å². The Kier molecular flexibility index (Phi) is 10.6. The van der Waals surface area contributed by atoms with Crippen LogP contribution in [-0.2, 0) is 0 Å². The zero-order valence-electron chi connectivity index (χ0n) is 11.5. The van der Waals surface area contributed by atoms with Crippen molar-refractivity contribution in [1.82, 2.24) is 0 Å². The molecule has 1 heteroatoms. The molecule has 0 aromatic rings. The quantitative estimate of drug-likeness (QED) is 0.408. The molecule has 0 heterocycles. The Hall–Kier alpha value is 0.0649. The Morgan fingerprint density at radius 3 is 1.67 bits per heavy atom. The Bertz CT molecular complexity index is 115. The molecule has 0 amide bonds. The largest absolute Gasteiger partial charge is 0.142 e. The van der Waals surface area contributed by atoms with Crippen molar-refractivity contribution in [1.29, 1.82) is 0 Å². The van der Waals surface area contributed by atoms with Crippen LogP contribution in [0.3, 0.4) is 0 Å². The van der Waals surface area contributed by atoms with Crippen LogP contribution in [-0.4, -0.2) is 6.71 Å². The molecule has 15 heavy (non-hydrogen) atoms. The van der Waals surface area contributed by atoms with Gasteiger partial charge in [0.15, 0.2) is 0 Å². The van der Waals surface area contributed by atoms with Crippen molar-refractivity contribution in [3.8, 4) is 0 Å². The minimum Gasteiger partial charge on any atom is -0.0739 e. The molecular formula is C14H31B. The summed E-state index contributed by atoms with van der Waals surface area (Å²) < 4.78 is 0. The average Bonchev–Trinajstić information content (AvgIpc) is 2.26. The van der Waals surface area contributed by atoms with E-state index < -0.39 is 0 Å². The van der Waals surface area contributed by atoms with Gasteiger partial charge in [0, 0.05) is 0 Å². The van der Waals surface area contributed by atoms with E-state index in [9.17, 15) is 0 Å². The fourth-order valence-corrected chi connectivity index (χ4v) is 2.41. The third-order valence-electron chi connectivity index (χ3n) is 3.67. The maximum absolute atomic E-state index is 2.48. The second kappa shape index (κ2) is 10.6. The summed E-state index contributed by atoms with van der Waals surface area (Å²) >= 11 is 0. The van der Waals surface area contributed by atoms with Gasteiger partial charge in [0.25, 0.3) is 0 Å². The molecule has 0 saturated carbocycles. The van der Waals surface area contributed by atoms with Gasteiger partial charge in [-0.3, -0.25) is 0 Å². The lowest BCUT2D eigenvalue weighted by Gasteiger charge is -2.20. The van der Waals surface area contributed by atoms with Gasteiger partial charge < -0.3 is 0 Å². The van der Waals surface area contributed by atoms with Crippen LogP contribution in [0.2, 0.25) is 18.5 Å². The van der Waals surface area contributed by atoms with Gasteiger partial charge in [0.1, 0.15) is 6.71 Å². The summed E-state index contributed by atoms with van der Waals surface area (Å²) in [5, 5.41) is 0. The molecule has 0 bridgehead atoms. The van der Waals surface area contributed by atoms with E-state index in [1.54, 1.807) is 0 Å². The third kappa shape index (κ3) is 7.93. The van der Waals surface area contributed by atoms with Gasteiger partial charge in [-0.15, -0.1) is 0 Å². The predicted octanol–water partition coefficient (Wildman–Crippen LogP) is 5.66. The van der Waals surface area contributed by atoms with Crippen molar-refractivity contribution in [2.45, 2.75) is 91.1 Å². The van der Waals surface area contributed by atoms with Gasteiger partial charge in [-0.2, -0.15) is 0 Å². The smallest absolute Gasteiger partial charge is 0.0739 e. The van der Waals surface area contributed by atoms with E-state index in [2.05, 4.69) is 27.7 Å². The van der Waals surface area contributed by atoms with Gasteiger partial charge in [0.2, 0.25) is 0 Å². The predicted molar refractivity (Wildman–Crippen MR) is 74.1 cm³/mol. The highest BCUT2D eigenvalue weighted by Gasteiger charge is 2.19. The summed E-state index contributed by atoms with van der Waals surface area (Å²) in [4.78, 5) is 0. The van der Waals surface area contributed by atoms with E-state index in [0.29, 0.717) is 0 Å². The second-order valence-corrected chi connectivity index (χ2v) is 5.16. The van der Waals surface area contributed by atoms with Crippen molar-refractivity contribution >= 4 is 6.71 Å². The molecule has 0 spiro atoms. The number of unbranched alkanes of at least 4 members (excludes halogenated alkanes) is 3. The molecule has 1 unspecified atom stereocenters. The molecule has 0 aromatic heterocycles. The summed E-state index contributed by atoms with van der Waals surface area (Å²) in [5.74, 6) is 0.961. The van der Waals surface area contributed by atoms with Crippen LogP contribution < -0.4 is 0 Å². The van der Waals surface area contributed by atoms with Gasteiger partial charge in [-0.25, -0.2) is 0 Å². The minimum atomic E-state index is 0.961. The number of hydrogen-bond acceptors (Lipinski definition) is 0. The second-order valence-electron chi connectivity index (χ2n) is 5.16. The van der Waals surface area contributed by atoms with Crippen LogP contribution in [0.15, 0.2) is 0 Å². The lowest BCUT2D eigenvalue weighted by atomic mass is 9.36. The highest BCUT2D eigenvalue weighted by molar-refractivity contribution is 6.60. The topological polar surface area (TPSA) is 0 Å². The molecule has 90 valence electrons. The SMILES string of the molecule is CCCCB(CCCC)C(C)CCCC. The highest BCUT2D eigenvalue weighted by Crippen LogP contribution is 2.26. The van der Waals surface area contributed by atoms with Crippen LogP contribution in [0.25, 0.3) is 0 Å². The molecule has 0 N–H and O–H groups in total. The minimum absolute atomic E-state index is 0.961. The summed E-state index contributed by atoms with van der Waals surface area (Å²) in [5.41, 5.74) is 0. The first kappa shape index (κ1) is 15.1. The van der Waals surface area contributed by atoms with Crippen molar-refractivity contribution in [2.24, 2.45) is 0 Å². The monoisotopic (exact) mass is 210 g/mol. The molecule has 0 aliphatic carbocycles. The van der Waals surface area contributed by atoms with Crippen LogP contribution in [0, 0.1) is 0 Å². The van der Waals surface area contributed by atoms with Crippen LogP contribution >= 0.6 is 0 Å². The first-order chi connectivity index (χ1) is 7.26. The van der Waals surface area contributed by atoms with E-state index in [1.165, 1.54) is 57.6 Å². The Morgan fingerprint density at radius 1 is 0.800 bits per heavy atom. The standard InChI is InChI=1S/C14H31B/c1-5-8-11-14(4)15(12-9-6-2)13-10-7-3/h14H,5-13H2,1-4H3. The zero-order chi connectivity index (χ0) is 11.5. The highest BCUT2D eigenvalue weighted by atomic mass is 14.0. The maximum Gasteiger partial charge on any atom is 0.142 e. The summed E-state index contributed by atoms with van der Waals surface area (Å²) in [6.07, 6.45) is 12.8. The van der Waals surface area contributed by atoms with Gasteiger partial charge in [-0.05, 0) is 0 Å². The average molecular weight is 210 g/mol. The van der Waals surface area contributed by atoms with E-state index in [1.807, 2.05) is 0 Å². The fraction of sp³-hybridized carbons (Fsp3) is 1.00. The van der Waals surface area contributed by atoms with Crippen molar-refractivity contribution in [3.63, 3.8) is 0 Å². The van der Waals surface area contributed by atoms with Crippen LogP contribution in [0.5, 0.6) is 0 Å². The number of rotatable bonds is 10. The molecule has 0 radical (unpaired) electrons. The van der Waals surface area contributed by atoms with Crippen molar-refractivity contribution in [2.75, 3.05) is 0 Å². The summed E-state index contributed by atoms with van der Waals surface area (Å²) in [6, 6.07) is 0. The van der Waals surface area contributed by atoms with Gasteiger partial charge >= 0.3 is 0 Å². The Labute approximate surface area is 98.3 Å². The lowest BCUT2D eigenvalue weighted by molar-refractivity contribution is 0.678. The van der Waals surface area contributed by atoms with Crippen LogP contribution in [0.1, 0.15) is 72.6 Å². The Morgan fingerprint density at radius 2 is 1.27 bits per heavy atom. The lowest BCUT2D eigenvalue weighted by Crippen LogP contribution is -2.18. The van der Waals surface area contributed by atoms with Gasteiger partial charge in [-0.1, -0.05) is 91.1 Å². The van der Waals surface area contributed by atoms with Crippen LogP contribution in [0.4, 0.5) is 0 Å². The third-order valence-corrected chi connectivity index (χ3v) is 3.67. The molecule has 0 saturated heterocycles. The molecule has 0 aliphatic rings. The molecule has 0 nitrogen and oxygen atoms in total. The maximum atomic E-state index is 2.48. The molecule has 0 rings (SSSR count). The van der Waals surface area contributed by atoms with Crippen molar-refractivity contribution < 1.29 is 0 Å². The molecule has 0 fully saturated rings.